The van der Waals surface area contributed by atoms with Crippen LogP contribution in [0.5, 0.6) is 0 Å². The average Bonchev–Trinajstić information content (AvgIpc) is 3.21. The molecule has 4 nitrogen and oxygen atoms in total. The van der Waals surface area contributed by atoms with Crippen LogP contribution >= 0.6 is 0 Å². The van der Waals surface area contributed by atoms with Crippen molar-refractivity contribution < 1.29 is 4.74 Å². The average molecular weight is 472 g/mol. The third kappa shape index (κ3) is 5.71. The molecule has 3 aromatic rings. The van der Waals surface area contributed by atoms with E-state index in [0.29, 0.717) is 5.92 Å². The number of anilines is 1. The molecule has 1 fully saturated rings. The summed E-state index contributed by atoms with van der Waals surface area (Å²) in [6.45, 7) is 15.6. The normalized spacial score (nSPS) is 14.4. The van der Waals surface area contributed by atoms with Crippen LogP contribution in [0.15, 0.2) is 67.4 Å². The van der Waals surface area contributed by atoms with Gasteiger partial charge in [-0.25, -0.2) is 0 Å². The zero-order valence-electron chi connectivity index (χ0n) is 21.6. The highest BCUT2D eigenvalue weighted by atomic mass is 16.5. The van der Waals surface area contributed by atoms with E-state index in [1.165, 1.54) is 33.4 Å². The van der Waals surface area contributed by atoms with Gasteiger partial charge in [0.1, 0.15) is 0 Å². The molecule has 0 unspecified atom stereocenters. The minimum absolute atomic E-state index is 0.444. The number of aryl methyl sites for hydroxylation is 2. The zero-order valence-corrected chi connectivity index (χ0v) is 21.6. The Morgan fingerprint density at radius 2 is 1.80 bits per heavy atom. The molecule has 1 saturated heterocycles. The van der Waals surface area contributed by atoms with Crippen molar-refractivity contribution >= 4 is 22.7 Å². The van der Waals surface area contributed by atoms with Gasteiger partial charge in [0.05, 0.1) is 5.52 Å². The summed E-state index contributed by atoms with van der Waals surface area (Å²) in [5, 5.41) is 1.23. The third-order valence-corrected chi connectivity index (χ3v) is 6.81. The number of nitrogen functional groups attached to an aromatic ring is 1. The van der Waals surface area contributed by atoms with E-state index in [4.69, 9.17) is 16.2 Å². The molecule has 1 aliphatic heterocycles. The molecule has 0 amide bonds. The first-order valence-corrected chi connectivity index (χ1v) is 12.8. The van der Waals surface area contributed by atoms with Gasteiger partial charge in [-0.2, -0.15) is 0 Å². The van der Waals surface area contributed by atoms with Gasteiger partial charge >= 0.3 is 0 Å². The summed E-state index contributed by atoms with van der Waals surface area (Å²) < 4.78 is 8.18. The molecule has 186 valence electrons. The molecule has 2 heterocycles. The second-order valence-electron chi connectivity index (χ2n) is 8.92. The molecule has 2 aromatic carbocycles. The maximum absolute atomic E-state index is 6.44. The molecule has 1 aliphatic rings. The second kappa shape index (κ2) is 12.5. The van der Waals surface area contributed by atoms with Crippen LogP contribution in [-0.4, -0.2) is 17.8 Å². The first-order valence-electron chi connectivity index (χ1n) is 12.8. The third-order valence-electron chi connectivity index (χ3n) is 6.81. The van der Waals surface area contributed by atoms with Gasteiger partial charge in [-0.15, -0.1) is 0 Å². The molecule has 1 aromatic heterocycles. The fraction of sp³-hybridized carbons (Fsp3) is 0.355. The summed E-state index contributed by atoms with van der Waals surface area (Å²) in [7, 11) is 0. The number of aromatic nitrogens is 1. The van der Waals surface area contributed by atoms with Crippen LogP contribution in [0.2, 0.25) is 0 Å². The van der Waals surface area contributed by atoms with Gasteiger partial charge in [0, 0.05) is 41.6 Å². The summed E-state index contributed by atoms with van der Waals surface area (Å²) >= 11 is 0. The quantitative estimate of drug-likeness (QED) is 0.265. The molecule has 4 N–H and O–H groups in total. The first-order chi connectivity index (χ1) is 17.1. The van der Waals surface area contributed by atoms with E-state index >= 15 is 0 Å². The van der Waals surface area contributed by atoms with E-state index in [9.17, 15) is 0 Å². The topological polar surface area (TPSA) is 66.2 Å². The SMILES string of the molecule is C=C/C(=C\N)CCCc1c(C2CCOCC2)n(-c2ccc(C)cc2)c2cc(C=C)c(N)cc12.CC. The lowest BCUT2D eigenvalue weighted by atomic mass is 9.90. The molecular formula is C31H41N3O. The highest BCUT2D eigenvalue weighted by molar-refractivity contribution is 5.93. The Kier molecular flexibility index (Phi) is 9.39. The van der Waals surface area contributed by atoms with Gasteiger partial charge in [-0.1, -0.05) is 56.9 Å². The van der Waals surface area contributed by atoms with Crippen LogP contribution in [-0.2, 0) is 11.2 Å². The van der Waals surface area contributed by atoms with Gasteiger partial charge < -0.3 is 20.8 Å². The minimum atomic E-state index is 0.444. The number of hydrogen-bond donors (Lipinski definition) is 2. The Morgan fingerprint density at radius 3 is 2.40 bits per heavy atom. The lowest BCUT2D eigenvalue weighted by Crippen LogP contribution is -2.18. The van der Waals surface area contributed by atoms with Crippen LogP contribution < -0.4 is 11.5 Å². The fourth-order valence-corrected chi connectivity index (χ4v) is 4.98. The molecule has 35 heavy (non-hydrogen) atoms. The number of ether oxygens (including phenoxy) is 1. The van der Waals surface area contributed by atoms with Crippen LogP contribution in [0.4, 0.5) is 5.69 Å². The minimum Gasteiger partial charge on any atom is -0.404 e. The van der Waals surface area contributed by atoms with Crippen LogP contribution in [0, 0.1) is 6.92 Å². The van der Waals surface area contributed by atoms with Crippen LogP contribution in [0.25, 0.3) is 22.7 Å². The van der Waals surface area contributed by atoms with Crippen molar-refractivity contribution in [3.63, 3.8) is 0 Å². The van der Waals surface area contributed by atoms with Crippen molar-refractivity contribution in [1.29, 1.82) is 0 Å². The van der Waals surface area contributed by atoms with E-state index in [-0.39, 0.29) is 0 Å². The highest BCUT2D eigenvalue weighted by Gasteiger charge is 2.27. The molecule has 0 spiro atoms. The largest absolute Gasteiger partial charge is 0.404 e. The fourth-order valence-electron chi connectivity index (χ4n) is 4.98. The maximum Gasteiger partial charge on any atom is 0.0541 e. The monoisotopic (exact) mass is 471 g/mol. The predicted molar refractivity (Wildman–Crippen MR) is 152 cm³/mol. The van der Waals surface area contributed by atoms with Gasteiger partial charge in [0.15, 0.2) is 0 Å². The van der Waals surface area contributed by atoms with Crippen LogP contribution in [0.1, 0.15) is 67.8 Å². The van der Waals surface area contributed by atoms with Crippen molar-refractivity contribution in [3.05, 3.63) is 89.8 Å². The van der Waals surface area contributed by atoms with E-state index in [0.717, 1.165) is 62.1 Å². The standard InChI is InChI=1S/C29H35N3O.C2H6/c1-4-21(19-30)7-6-8-25-26-18-27(31)22(5-2)17-28(26)32(24-11-9-20(3)10-12-24)29(25)23-13-15-33-16-14-23;1-2/h4-5,9-12,17-19,23H,1-2,6-8,13-16,30-31H2,3H3;1-2H3/b21-19+;. The van der Waals surface area contributed by atoms with E-state index in [2.05, 4.69) is 61.0 Å². The lowest BCUT2D eigenvalue weighted by Gasteiger charge is -2.26. The smallest absolute Gasteiger partial charge is 0.0541 e. The Bertz CT molecular complexity index is 1180. The maximum atomic E-state index is 6.44. The number of nitrogens with zero attached hydrogens (tertiary/aromatic N) is 1. The molecule has 4 heteroatoms. The van der Waals surface area contributed by atoms with Crippen LogP contribution in [0.3, 0.4) is 0 Å². The van der Waals surface area contributed by atoms with E-state index < -0.39 is 0 Å². The number of hydrogen-bond acceptors (Lipinski definition) is 3. The van der Waals surface area contributed by atoms with Gasteiger partial charge in [0.25, 0.3) is 0 Å². The van der Waals surface area contributed by atoms with E-state index in [1.54, 1.807) is 6.20 Å². The number of fused-ring (bicyclic) bond motifs is 1. The summed E-state index contributed by atoms with van der Waals surface area (Å²) in [6.07, 6.45) is 10.3. The Hall–Kier alpha value is -3.24. The number of allylic oxidation sites excluding steroid dienone is 2. The summed E-state index contributed by atoms with van der Waals surface area (Å²) in [4.78, 5) is 0. The van der Waals surface area contributed by atoms with E-state index in [1.807, 2.05) is 26.0 Å². The highest BCUT2D eigenvalue weighted by Crippen LogP contribution is 2.40. The zero-order chi connectivity index (χ0) is 25.4. The molecule has 0 atom stereocenters. The summed E-state index contributed by atoms with van der Waals surface area (Å²) in [5.41, 5.74) is 21.5. The molecule has 0 radical (unpaired) electrons. The first kappa shape index (κ1) is 26.4. The summed E-state index contributed by atoms with van der Waals surface area (Å²) in [6, 6.07) is 13.1. The predicted octanol–water partition coefficient (Wildman–Crippen LogP) is 7.44. The Balaban J connectivity index is 0.00000167. The van der Waals surface area contributed by atoms with Crippen molar-refractivity contribution in [1.82, 2.24) is 4.57 Å². The molecule has 0 saturated carbocycles. The van der Waals surface area contributed by atoms with Crippen molar-refractivity contribution in [2.24, 2.45) is 5.73 Å². The molecule has 4 rings (SSSR count). The number of nitrogens with two attached hydrogens (primary N) is 2. The number of benzene rings is 2. The molecule has 0 bridgehead atoms. The second-order valence-corrected chi connectivity index (χ2v) is 8.92. The van der Waals surface area contributed by atoms with Crippen molar-refractivity contribution in [3.8, 4) is 5.69 Å². The van der Waals surface area contributed by atoms with Crippen molar-refractivity contribution in [2.75, 3.05) is 18.9 Å². The van der Waals surface area contributed by atoms with Gasteiger partial charge in [0.2, 0.25) is 0 Å². The molecule has 0 aliphatic carbocycles. The lowest BCUT2D eigenvalue weighted by molar-refractivity contribution is 0.0841. The van der Waals surface area contributed by atoms with Gasteiger partial charge in [-0.05, 0) is 86.2 Å². The number of rotatable bonds is 8. The molecular weight excluding hydrogens is 430 g/mol. The summed E-state index contributed by atoms with van der Waals surface area (Å²) in [5.74, 6) is 0.444. The van der Waals surface area contributed by atoms with Gasteiger partial charge in [-0.3, -0.25) is 0 Å². The Labute approximate surface area is 211 Å². The van der Waals surface area contributed by atoms with Crippen molar-refractivity contribution in [2.45, 2.75) is 58.8 Å². The Morgan fingerprint density at radius 1 is 1.11 bits per heavy atom.